The monoisotopic (exact) mass is 559 g/mol. The number of phenolic OH excluding ortho intramolecular Hbond substituents is 1. The molecular formula is C32H41N5O4. The molecule has 2 atom stereocenters. The van der Waals surface area contributed by atoms with Gasteiger partial charge in [0, 0.05) is 31.6 Å². The van der Waals surface area contributed by atoms with Crippen LogP contribution in [0.3, 0.4) is 0 Å². The van der Waals surface area contributed by atoms with Crippen molar-refractivity contribution in [2.45, 2.75) is 59.7 Å². The van der Waals surface area contributed by atoms with E-state index >= 15 is 0 Å². The van der Waals surface area contributed by atoms with E-state index in [9.17, 15) is 24.8 Å². The van der Waals surface area contributed by atoms with E-state index in [1.165, 1.54) is 6.92 Å². The van der Waals surface area contributed by atoms with Gasteiger partial charge in [-0.25, -0.2) is 0 Å². The van der Waals surface area contributed by atoms with Crippen molar-refractivity contribution in [3.63, 3.8) is 0 Å². The average Bonchev–Trinajstić information content (AvgIpc) is 3.22. The molecule has 0 fully saturated rings. The third-order valence-corrected chi connectivity index (χ3v) is 7.13. The Bertz CT molecular complexity index is 1460. The van der Waals surface area contributed by atoms with Crippen LogP contribution in [0.25, 0.3) is 22.0 Å². The number of aromatic nitrogens is 1. The number of hydrogen-bond donors (Lipinski definition) is 3. The molecule has 3 rings (SSSR count). The van der Waals surface area contributed by atoms with Gasteiger partial charge in [0.05, 0.1) is 23.2 Å². The van der Waals surface area contributed by atoms with Gasteiger partial charge in [0.2, 0.25) is 11.8 Å². The highest BCUT2D eigenvalue weighted by atomic mass is 16.3. The number of carbonyl (C=O) groups excluding carboxylic acids is 3. The molecule has 9 nitrogen and oxygen atoms in total. The molecule has 0 saturated carbocycles. The molecular weight excluding hydrogens is 518 g/mol. The Morgan fingerprint density at radius 2 is 1.85 bits per heavy atom. The van der Waals surface area contributed by atoms with Gasteiger partial charge in [0.15, 0.2) is 0 Å². The summed E-state index contributed by atoms with van der Waals surface area (Å²) >= 11 is 0. The number of fused-ring (bicyclic) bond motifs is 1. The van der Waals surface area contributed by atoms with E-state index in [2.05, 4.69) is 30.6 Å². The van der Waals surface area contributed by atoms with Gasteiger partial charge < -0.3 is 25.1 Å². The van der Waals surface area contributed by atoms with Crippen molar-refractivity contribution in [3.05, 3.63) is 53.7 Å². The van der Waals surface area contributed by atoms with Crippen molar-refractivity contribution in [2.24, 2.45) is 11.3 Å². The summed E-state index contributed by atoms with van der Waals surface area (Å²) in [6.07, 6.45) is 2.77. The Hall–Kier alpha value is -4.16. The number of hydrogen-bond acceptors (Lipinski definition) is 6. The third-order valence-electron chi connectivity index (χ3n) is 7.13. The number of rotatable bonds is 12. The summed E-state index contributed by atoms with van der Waals surface area (Å²) in [5, 5.41) is 26.8. The summed E-state index contributed by atoms with van der Waals surface area (Å²) in [7, 11) is 3.66. The first-order valence-electron chi connectivity index (χ1n) is 13.8. The number of nitrogens with one attached hydrogen (secondary N) is 2. The highest BCUT2D eigenvalue weighted by Gasteiger charge is 2.26. The van der Waals surface area contributed by atoms with Gasteiger partial charge in [-0.2, -0.15) is 5.26 Å². The SMILES string of the molecule is CC(=O)NCC(C)(C)Cn1cc(C#N)c2ccc(-c3cc(O)cc(CC(C=O)NC(=O)C(C(C)C)N(C)C)c3)cc21. The van der Waals surface area contributed by atoms with Crippen LogP contribution in [0, 0.1) is 22.7 Å². The highest BCUT2D eigenvalue weighted by Crippen LogP contribution is 2.32. The maximum Gasteiger partial charge on any atom is 0.238 e. The zero-order chi connectivity index (χ0) is 30.5. The van der Waals surface area contributed by atoms with E-state index in [1.54, 1.807) is 12.1 Å². The number of likely N-dealkylation sites (N-methyl/N-ethyl adjacent to an activating group) is 1. The summed E-state index contributed by atoms with van der Waals surface area (Å²) in [4.78, 5) is 38.1. The van der Waals surface area contributed by atoms with Gasteiger partial charge in [-0.3, -0.25) is 14.5 Å². The number of aromatic hydroxyl groups is 1. The quantitative estimate of drug-likeness (QED) is 0.289. The molecule has 0 radical (unpaired) electrons. The topological polar surface area (TPSA) is 127 Å². The van der Waals surface area contributed by atoms with Crippen LogP contribution in [0.5, 0.6) is 5.75 Å². The molecule has 1 heterocycles. The summed E-state index contributed by atoms with van der Waals surface area (Å²) in [6, 6.07) is 12.1. The lowest BCUT2D eigenvalue weighted by Gasteiger charge is -2.28. The molecule has 2 amide bonds. The maximum absolute atomic E-state index is 12.9. The minimum atomic E-state index is -0.748. The summed E-state index contributed by atoms with van der Waals surface area (Å²) in [5.41, 5.74) is 3.43. The lowest BCUT2D eigenvalue weighted by Crippen LogP contribution is -2.50. The van der Waals surface area contributed by atoms with E-state index in [1.807, 2.05) is 67.9 Å². The van der Waals surface area contributed by atoms with Gasteiger partial charge in [0.1, 0.15) is 18.1 Å². The van der Waals surface area contributed by atoms with Crippen LogP contribution in [0.15, 0.2) is 42.6 Å². The van der Waals surface area contributed by atoms with Crippen molar-refractivity contribution in [3.8, 4) is 22.9 Å². The van der Waals surface area contributed by atoms with Crippen LogP contribution in [-0.2, 0) is 27.3 Å². The van der Waals surface area contributed by atoms with Crippen LogP contribution >= 0.6 is 0 Å². The Balaban J connectivity index is 1.93. The molecule has 1 aromatic heterocycles. The Kier molecular flexibility index (Phi) is 9.95. The van der Waals surface area contributed by atoms with Gasteiger partial charge in [-0.1, -0.05) is 45.9 Å². The maximum atomic E-state index is 12.9. The van der Waals surface area contributed by atoms with Crippen molar-refractivity contribution < 1.29 is 19.5 Å². The van der Waals surface area contributed by atoms with E-state index in [0.717, 1.165) is 28.3 Å². The number of amides is 2. The molecule has 3 aromatic rings. The van der Waals surface area contributed by atoms with E-state index in [-0.39, 0.29) is 41.4 Å². The molecule has 0 bridgehead atoms. The van der Waals surface area contributed by atoms with Gasteiger partial charge in [-0.15, -0.1) is 0 Å². The average molecular weight is 560 g/mol. The van der Waals surface area contributed by atoms with E-state index < -0.39 is 6.04 Å². The van der Waals surface area contributed by atoms with Crippen molar-refractivity contribution in [1.82, 2.24) is 20.1 Å². The third kappa shape index (κ3) is 7.95. The molecule has 0 aliphatic rings. The smallest absolute Gasteiger partial charge is 0.238 e. The van der Waals surface area contributed by atoms with Crippen molar-refractivity contribution in [1.29, 1.82) is 5.26 Å². The predicted molar refractivity (Wildman–Crippen MR) is 160 cm³/mol. The van der Waals surface area contributed by atoms with Gasteiger partial charge in [0.25, 0.3) is 0 Å². The molecule has 2 aromatic carbocycles. The second kappa shape index (κ2) is 13.0. The zero-order valence-electron chi connectivity index (χ0n) is 25.0. The summed E-state index contributed by atoms with van der Waals surface area (Å²) in [6.45, 7) is 10.6. The number of nitriles is 1. The normalized spacial score (nSPS) is 13.2. The summed E-state index contributed by atoms with van der Waals surface area (Å²) < 4.78 is 2.02. The first-order chi connectivity index (χ1) is 19.2. The van der Waals surface area contributed by atoms with Gasteiger partial charge >= 0.3 is 0 Å². The van der Waals surface area contributed by atoms with Crippen LogP contribution < -0.4 is 10.6 Å². The fourth-order valence-electron chi connectivity index (χ4n) is 5.32. The molecule has 0 spiro atoms. The highest BCUT2D eigenvalue weighted by molar-refractivity contribution is 5.90. The zero-order valence-corrected chi connectivity index (χ0v) is 25.0. The van der Waals surface area contributed by atoms with Gasteiger partial charge in [-0.05, 0) is 66.7 Å². The number of aldehydes is 1. The van der Waals surface area contributed by atoms with Crippen LogP contribution in [0.4, 0.5) is 0 Å². The first kappa shape index (κ1) is 31.4. The second-order valence-electron chi connectivity index (χ2n) is 12.1. The molecule has 0 saturated heterocycles. The predicted octanol–water partition coefficient (Wildman–Crippen LogP) is 3.86. The minimum Gasteiger partial charge on any atom is -0.508 e. The summed E-state index contributed by atoms with van der Waals surface area (Å²) in [5.74, 6) is -0.199. The lowest BCUT2D eigenvalue weighted by atomic mass is 9.93. The van der Waals surface area contributed by atoms with Crippen LogP contribution in [0.1, 0.15) is 45.7 Å². The number of nitrogens with zero attached hydrogens (tertiary/aromatic N) is 3. The molecule has 218 valence electrons. The number of carbonyl (C=O) groups is 3. The molecule has 2 unspecified atom stereocenters. The minimum absolute atomic E-state index is 0.0476. The fourth-order valence-corrected chi connectivity index (χ4v) is 5.32. The Morgan fingerprint density at radius 1 is 1.15 bits per heavy atom. The standard InChI is InChI=1S/C32H41N5O4/c1-20(2)30(36(6)7)31(41)35-26(17-38)11-22-10-24(13-27(40)12-22)23-8-9-28-25(15-33)16-37(29(28)14-23)19-32(4,5)18-34-21(3)39/h8-10,12-14,16-17,20,26,30,40H,11,18-19H2,1-7H3,(H,34,39)(H,35,41). The Morgan fingerprint density at radius 3 is 2.44 bits per heavy atom. The fraction of sp³-hybridized carbons (Fsp3) is 0.438. The first-order valence-corrected chi connectivity index (χ1v) is 13.8. The number of phenols is 1. The van der Waals surface area contributed by atoms with E-state index in [4.69, 9.17) is 0 Å². The van der Waals surface area contributed by atoms with Crippen molar-refractivity contribution >= 4 is 29.0 Å². The molecule has 0 aliphatic heterocycles. The molecule has 9 heteroatoms. The number of benzene rings is 2. The molecule has 3 N–H and O–H groups in total. The lowest BCUT2D eigenvalue weighted by molar-refractivity contribution is -0.129. The van der Waals surface area contributed by atoms with Crippen LogP contribution in [0.2, 0.25) is 0 Å². The second-order valence-corrected chi connectivity index (χ2v) is 12.1. The Labute approximate surface area is 242 Å². The van der Waals surface area contributed by atoms with Crippen molar-refractivity contribution in [2.75, 3.05) is 20.6 Å². The molecule has 41 heavy (non-hydrogen) atoms. The largest absolute Gasteiger partial charge is 0.508 e. The van der Waals surface area contributed by atoms with E-state index in [0.29, 0.717) is 24.2 Å². The van der Waals surface area contributed by atoms with Crippen LogP contribution in [-0.4, -0.2) is 65.4 Å². The molecule has 0 aliphatic carbocycles.